The van der Waals surface area contributed by atoms with E-state index >= 15 is 0 Å². The Morgan fingerprint density at radius 3 is 2.70 bits per heavy atom. The second-order valence-corrected chi connectivity index (χ2v) is 7.53. The summed E-state index contributed by atoms with van der Waals surface area (Å²) in [4.78, 5) is 9.76. The van der Waals surface area contributed by atoms with E-state index in [-0.39, 0.29) is 0 Å². The van der Waals surface area contributed by atoms with E-state index in [1.165, 1.54) is 19.4 Å². The van der Waals surface area contributed by atoms with Crippen LogP contribution in [0.4, 0.5) is 0 Å². The van der Waals surface area contributed by atoms with Crippen molar-refractivity contribution in [3.8, 4) is 17.2 Å². The van der Waals surface area contributed by atoms with Crippen LogP contribution in [0.1, 0.15) is 18.5 Å². The minimum atomic E-state index is 0.675. The highest BCUT2D eigenvalue weighted by molar-refractivity contribution is 5.54. The van der Waals surface area contributed by atoms with Crippen LogP contribution in [-0.2, 0) is 11.3 Å². The first-order valence-electron chi connectivity index (χ1n) is 9.91. The Balaban J connectivity index is 1.32. The second kappa shape index (κ2) is 8.87. The third-order valence-electron chi connectivity index (χ3n) is 5.50. The molecule has 6 heteroatoms. The number of benzene rings is 1. The number of hydrogen-bond donors (Lipinski definition) is 0. The highest BCUT2D eigenvalue weighted by Crippen LogP contribution is 2.24. The van der Waals surface area contributed by atoms with Crippen LogP contribution in [0, 0.1) is 5.92 Å². The van der Waals surface area contributed by atoms with E-state index in [1.54, 1.807) is 13.4 Å². The molecule has 0 bridgehead atoms. The molecule has 2 fully saturated rings. The zero-order valence-corrected chi connectivity index (χ0v) is 16.1. The molecule has 0 amide bonds. The lowest BCUT2D eigenvalue weighted by molar-refractivity contribution is 0.0223. The van der Waals surface area contributed by atoms with Crippen molar-refractivity contribution < 1.29 is 13.9 Å². The standard InChI is InChI=1S/C21H29N3O3/c1-25-20-6-4-18(5-7-20)21-22-19(16-27-21)15-24-8-2-3-17(14-24)13-23-9-11-26-12-10-23/h4-7,16-17H,2-3,8-15H2,1H3. The minimum absolute atomic E-state index is 0.675. The van der Waals surface area contributed by atoms with Crippen molar-refractivity contribution in [2.45, 2.75) is 19.4 Å². The number of aromatic nitrogens is 1. The third kappa shape index (κ3) is 4.89. The van der Waals surface area contributed by atoms with Crippen LogP contribution >= 0.6 is 0 Å². The minimum Gasteiger partial charge on any atom is -0.497 e. The van der Waals surface area contributed by atoms with Gasteiger partial charge in [-0.25, -0.2) is 4.98 Å². The van der Waals surface area contributed by atoms with E-state index < -0.39 is 0 Å². The number of methoxy groups -OCH3 is 1. The Bertz CT molecular complexity index is 710. The van der Waals surface area contributed by atoms with Crippen molar-refractivity contribution in [1.82, 2.24) is 14.8 Å². The highest BCUT2D eigenvalue weighted by Gasteiger charge is 2.23. The maximum absolute atomic E-state index is 5.71. The number of hydrogen-bond acceptors (Lipinski definition) is 6. The van der Waals surface area contributed by atoms with Crippen molar-refractivity contribution >= 4 is 0 Å². The van der Waals surface area contributed by atoms with Gasteiger partial charge in [0.05, 0.1) is 26.0 Å². The first-order valence-corrected chi connectivity index (χ1v) is 9.91. The lowest BCUT2D eigenvalue weighted by atomic mass is 9.97. The summed E-state index contributed by atoms with van der Waals surface area (Å²) in [6, 6.07) is 7.82. The quantitative estimate of drug-likeness (QED) is 0.778. The summed E-state index contributed by atoms with van der Waals surface area (Å²) in [5.74, 6) is 2.25. The smallest absolute Gasteiger partial charge is 0.226 e. The maximum atomic E-state index is 5.71. The van der Waals surface area contributed by atoms with Gasteiger partial charge in [0.25, 0.3) is 0 Å². The number of likely N-dealkylation sites (tertiary alicyclic amines) is 1. The van der Waals surface area contributed by atoms with E-state index in [4.69, 9.17) is 18.9 Å². The van der Waals surface area contributed by atoms with Crippen molar-refractivity contribution in [2.24, 2.45) is 5.92 Å². The molecule has 0 spiro atoms. The molecule has 0 aliphatic carbocycles. The van der Waals surface area contributed by atoms with E-state index in [0.717, 1.165) is 68.9 Å². The highest BCUT2D eigenvalue weighted by atomic mass is 16.5. The summed E-state index contributed by atoms with van der Waals surface area (Å²) < 4.78 is 16.4. The fourth-order valence-electron chi connectivity index (χ4n) is 4.07. The van der Waals surface area contributed by atoms with Gasteiger partial charge in [-0.3, -0.25) is 9.80 Å². The van der Waals surface area contributed by atoms with E-state index in [1.807, 2.05) is 24.3 Å². The Labute approximate surface area is 161 Å². The number of rotatable bonds is 6. The molecule has 2 aromatic rings. The normalized spacial score (nSPS) is 22.0. The van der Waals surface area contributed by atoms with Crippen molar-refractivity contribution in [3.63, 3.8) is 0 Å². The van der Waals surface area contributed by atoms with Crippen LogP contribution in [0.3, 0.4) is 0 Å². The largest absolute Gasteiger partial charge is 0.497 e. The predicted octanol–water partition coefficient (Wildman–Crippen LogP) is 2.89. The van der Waals surface area contributed by atoms with Crippen molar-refractivity contribution in [3.05, 3.63) is 36.2 Å². The van der Waals surface area contributed by atoms with Gasteiger partial charge in [0, 0.05) is 38.3 Å². The Hall–Kier alpha value is -1.89. The number of piperidine rings is 1. The third-order valence-corrected chi connectivity index (χ3v) is 5.50. The summed E-state index contributed by atoms with van der Waals surface area (Å²) in [5.41, 5.74) is 1.98. The zero-order valence-electron chi connectivity index (χ0n) is 16.1. The Kier molecular flexibility index (Phi) is 6.07. The molecule has 27 heavy (non-hydrogen) atoms. The number of oxazole rings is 1. The molecule has 1 aromatic heterocycles. The number of nitrogens with zero attached hydrogens (tertiary/aromatic N) is 3. The summed E-state index contributed by atoms with van der Waals surface area (Å²) in [6.45, 7) is 8.24. The first-order chi connectivity index (χ1) is 13.3. The molecule has 0 N–H and O–H groups in total. The van der Waals surface area contributed by atoms with E-state index in [2.05, 4.69) is 9.80 Å². The van der Waals surface area contributed by atoms with Gasteiger partial charge in [-0.05, 0) is 49.6 Å². The monoisotopic (exact) mass is 371 g/mol. The lowest BCUT2D eigenvalue weighted by Gasteiger charge is -2.36. The van der Waals surface area contributed by atoms with Crippen LogP contribution in [-0.4, -0.2) is 67.8 Å². The molecule has 2 aliphatic heterocycles. The molecule has 1 aromatic carbocycles. The average molecular weight is 371 g/mol. The molecule has 2 aliphatic rings. The maximum Gasteiger partial charge on any atom is 0.226 e. The van der Waals surface area contributed by atoms with Gasteiger partial charge >= 0.3 is 0 Å². The van der Waals surface area contributed by atoms with Gasteiger partial charge in [-0.2, -0.15) is 0 Å². The Morgan fingerprint density at radius 2 is 1.93 bits per heavy atom. The molecule has 4 rings (SSSR count). The molecular formula is C21H29N3O3. The van der Waals surface area contributed by atoms with Crippen LogP contribution in [0.15, 0.2) is 34.9 Å². The van der Waals surface area contributed by atoms with E-state index in [0.29, 0.717) is 5.89 Å². The van der Waals surface area contributed by atoms with Gasteiger partial charge in [0.15, 0.2) is 0 Å². The van der Waals surface area contributed by atoms with Gasteiger partial charge in [-0.1, -0.05) is 0 Å². The summed E-state index contributed by atoms with van der Waals surface area (Å²) in [6.07, 6.45) is 4.38. The van der Waals surface area contributed by atoms with Crippen molar-refractivity contribution in [1.29, 1.82) is 0 Å². The van der Waals surface area contributed by atoms with E-state index in [9.17, 15) is 0 Å². The number of morpholine rings is 1. The average Bonchev–Trinajstić information content (AvgIpc) is 3.17. The molecule has 1 unspecified atom stereocenters. The van der Waals surface area contributed by atoms with Gasteiger partial charge < -0.3 is 13.9 Å². The van der Waals surface area contributed by atoms with Gasteiger partial charge in [0.1, 0.15) is 12.0 Å². The van der Waals surface area contributed by atoms with Crippen molar-refractivity contribution in [2.75, 3.05) is 53.0 Å². The molecule has 6 nitrogen and oxygen atoms in total. The molecule has 3 heterocycles. The first kappa shape index (κ1) is 18.5. The molecule has 0 radical (unpaired) electrons. The van der Waals surface area contributed by atoms with Crippen LogP contribution < -0.4 is 4.74 Å². The fourth-order valence-corrected chi connectivity index (χ4v) is 4.07. The fraction of sp³-hybridized carbons (Fsp3) is 0.571. The predicted molar refractivity (Wildman–Crippen MR) is 104 cm³/mol. The summed E-state index contributed by atoms with van der Waals surface area (Å²) in [7, 11) is 1.67. The zero-order chi connectivity index (χ0) is 18.5. The SMILES string of the molecule is COc1ccc(-c2nc(CN3CCCC(CN4CCOCC4)C3)co2)cc1. The van der Waals surface area contributed by atoms with Gasteiger partial charge in [-0.15, -0.1) is 0 Å². The Morgan fingerprint density at radius 1 is 1.11 bits per heavy atom. The topological polar surface area (TPSA) is 51.0 Å². The van der Waals surface area contributed by atoms with Crippen LogP contribution in [0.5, 0.6) is 5.75 Å². The molecule has 146 valence electrons. The molecular weight excluding hydrogens is 342 g/mol. The molecule has 1 atom stereocenters. The second-order valence-electron chi connectivity index (χ2n) is 7.53. The molecule has 0 saturated carbocycles. The van der Waals surface area contributed by atoms with Gasteiger partial charge in [0.2, 0.25) is 5.89 Å². The summed E-state index contributed by atoms with van der Waals surface area (Å²) in [5, 5.41) is 0. The summed E-state index contributed by atoms with van der Waals surface area (Å²) >= 11 is 0. The van der Waals surface area contributed by atoms with Crippen LogP contribution in [0.2, 0.25) is 0 Å². The lowest BCUT2D eigenvalue weighted by Crippen LogP contribution is -2.44. The number of ether oxygens (including phenoxy) is 2. The molecule has 2 saturated heterocycles. The van der Waals surface area contributed by atoms with Crippen LogP contribution in [0.25, 0.3) is 11.5 Å².